The van der Waals surface area contributed by atoms with Crippen LogP contribution >= 0.6 is 0 Å². The van der Waals surface area contributed by atoms with Gasteiger partial charge in [-0.3, -0.25) is 4.79 Å². The molecule has 1 aromatic rings. The van der Waals surface area contributed by atoms with Crippen LogP contribution in [0.25, 0.3) is 0 Å². The predicted octanol–water partition coefficient (Wildman–Crippen LogP) is 3.37. The number of ether oxygens (including phenoxy) is 1. The highest BCUT2D eigenvalue weighted by Crippen LogP contribution is 2.17. The number of carbonyl (C=O) groups excluding carboxylic acids is 1. The molecule has 1 aromatic carbocycles. The lowest BCUT2D eigenvalue weighted by molar-refractivity contribution is -0.147. The average molecular weight is 231 g/mol. The number of unbranched alkanes of at least 4 members (excludes halogenated alkanes) is 2. The number of hydrogen-bond acceptors (Lipinski definition) is 3. The molecule has 0 aliphatic rings. The second-order valence-electron chi connectivity index (χ2n) is 3.87. The Bertz CT molecular complexity index is 381. The van der Waals surface area contributed by atoms with Crippen molar-refractivity contribution in [2.45, 2.75) is 38.7 Å². The number of hydrogen-bond donors (Lipinski definition) is 0. The molecule has 0 saturated heterocycles. The molecular formula is C14H17NO2. The molecule has 0 saturated carbocycles. The molecule has 1 unspecified atom stereocenters. The summed E-state index contributed by atoms with van der Waals surface area (Å²) < 4.78 is 5.13. The van der Waals surface area contributed by atoms with Crippen molar-refractivity contribution in [1.29, 1.82) is 5.26 Å². The molecule has 90 valence electrons. The Kier molecular flexibility index (Phi) is 5.81. The first-order chi connectivity index (χ1) is 8.27. The Morgan fingerprint density at radius 2 is 2.06 bits per heavy atom. The first-order valence-electron chi connectivity index (χ1n) is 5.92. The highest BCUT2D eigenvalue weighted by atomic mass is 16.5. The monoisotopic (exact) mass is 231 g/mol. The van der Waals surface area contributed by atoms with Crippen molar-refractivity contribution in [2.75, 3.05) is 0 Å². The maximum atomic E-state index is 11.5. The number of carbonyl (C=O) groups is 1. The van der Waals surface area contributed by atoms with E-state index in [2.05, 4.69) is 6.92 Å². The van der Waals surface area contributed by atoms with Crippen LogP contribution in [0.2, 0.25) is 0 Å². The minimum atomic E-state index is -0.787. The Morgan fingerprint density at radius 1 is 1.35 bits per heavy atom. The zero-order valence-electron chi connectivity index (χ0n) is 10.1. The average Bonchev–Trinajstić information content (AvgIpc) is 2.37. The molecule has 0 heterocycles. The van der Waals surface area contributed by atoms with Gasteiger partial charge in [-0.2, -0.15) is 5.26 Å². The highest BCUT2D eigenvalue weighted by Gasteiger charge is 2.14. The van der Waals surface area contributed by atoms with Crippen LogP contribution in [0.4, 0.5) is 0 Å². The van der Waals surface area contributed by atoms with Crippen LogP contribution in [0.15, 0.2) is 30.3 Å². The Labute approximate surface area is 102 Å². The van der Waals surface area contributed by atoms with Crippen LogP contribution < -0.4 is 0 Å². The van der Waals surface area contributed by atoms with Crippen molar-refractivity contribution in [2.24, 2.45) is 0 Å². The van der Waals surface area contributed by atoms with E-state index in [1.165, 1.54) is 0 Å². The maximum absolute atomic E-state index is 11.5. The summed E-state index contributed by atoms with van der Waals surface area (Å²) in [6.07, 6.45) is 2.50. The fourth-order valence-corrected chi connectivity index (χ4v) is 1.51. The van der Waals surface area contributed by atoms with E-state index < -0.39 is 6.10 Å². The summed E-state index contributed by atoms with van der Waals surface area (Å²) in [5.74, 6) is -0.297. The largest absolute Gasteiger partial charge is 0.442 e. The first kappa shape index (κ1) is 13.2. The lowest BCUT2D eigenvalue weighted by atomic mass is 10.1. The van der Waals surface area contributed by atoms with Gasteiger partial charge in [-0.25, -0.2) is 0 Å². The minimum Gasteiger partial charge on any atom is -0.442 e. The molecule has 3 nitrogen and oxygen atoms in total. The summed E-state index contributed by atoms with van der Waals surface area (Å²) in [5.41, 5.74) is 0.721. The molecule has 0 N–H and O–H groups in total. The fraction of sp³-hybridized carbons (Fsp3) is 0.429. The SMILES string of the molecule is CCCCCC(=O)OC(C#N)c1ccccc1. The van der Waals surface area contributed by atoms with Crippen LogP contribution in [-0.2, 0) is 9.53 Å². The van der Waals surface area contributed by atoms with Crippen molar-refractivity contribution >= 4 is 5.97 Å². The van der Waals surface area contributed by atoms with E-state index in [0.717, 1.165) is 24.8 Å². The zero-order valence-corrected chi connectivity index (χ0v) is 10.1. The van der Waals surface area contributed by atoms with E-state index in [9.17, 15) is 4.79 Å². The van der Waals surface area contributed by atoms with Gasteiger partial charge < -0.3 is 4.74 Å². The molecule has 0 radical (unpaired) electrons. The van der Waals surface area contributed by atoms with Crippen molar-refractivity contribution in [3.63, 3.8) is 0 Å². The number of nitrogens with zero attached hydrogens (tertiary/aromatic N) is 1. The molecule has 0 fully saturated rings. The third-order valence-corrected chi connectivity index (χ3v) is 2.45. The van der Waals surface area contributed by atoms with Gasteiger partial charge in [0.05, 0.1) is 0 Å². The number of nitriles is 1. The van der Waals surface area contributed by atoms with Crippen LogP contribution in [0, 0.1) is 11.3 Å². The predicted molar refractivity (Wildman–Crippen MR) is 65.0 cm³/mol. The van der Waals surface area contributed by atoms with Gasteiger partial charge in [0, 0.05) is 12.0 Å². The fourth-order valence-electron chi connectivity index (χ4n) is 1.51. The summed E-state index contributed by atoms with van der Waals surface area (Å²) in [7, 11) is 0. The van der Waals surface area contributed by atoms with Gasteiger partial charge in [0.25, 0.3) is 0 Å². The third kappa shape index (κ3) is 4.69. The van der Waals surface area contributed by atoms with E-state index in [1.54, 1.807) is 12.1 Å². The van der Waals surface area contributed by atoms with Gasteiger partial charge >= 0.3 is 5.97 Å². The smallest absolute Gasteiger partial charge is 0.307 e. The number of rotatable bonds is 6. The topological polar surface area (TPSA) is 50.1 Å². The van der Waals surface area contributed by atoms with E-state index in [-0.39, 0.29) is 5.97 Å². The first-order valence-corrected chi connectivity index (χ1v) is 5.92. The molecule has 1 atom stereocenters. The summed E-state index contributed by atoms with van der Waals surface area (Å²) >= 11 is 0. The van der Waals surface area contributed by atoms with Crippen molar-refractivity contribution in [3.8, 4) is 6.07 Å². The van der Waals surface area contributed by atoms with E-state index in [1.807, 2.05) is 24.3 Å². The van der Waals surface area contributed by atoms with Gasteiger partial charge in [0.15, 0.2) is 0 Å². The molecule has 1 rings (SSSR count). The Morgan fingerprint density at radius 3 is 2.65 bits per heavy atom. The highest BCUT2D eigenvalue weighted by molar-refractivity contribution is 5.69. The number of benzene rings is 1. The van der Waals surface area contributed by atoms with Crippen molar-refractivity contribution < 1.29 is 9.53 Å². The van der Waals surface area contributed by atoms with Crippen LogP contribution in [0.3, 0.4) is 0 Å². The lowest BCUT2D eigenvalue weighted by Gasteiger charge is -2.10. The lowest BCUT2D eigenvalue weighted by Crippen LogP contribution is -2.09. The molecular weight excluding hydrogens is 214 g/mol. The van der Waals surface area contributed by atoms with Gasteiger partial charge in [-0.1, -0.05) is 50.1 Å². The van der Waals surface area contributed by atoms with Gasteiger partial charge in [-0.05, 0) is 6.42 Å². The second-order valence-corrected chi connectivity index (χ2v) is 3.87. The van der Waals surface area contributed by atoms with Crippen LogP contribution in [-0.4, -0.2) is 5.97 Å². The molecule has 3 heteroatoms. The number of esters is 1. The standard InChI is InChI=1S/C14H17NO2/c1-2-3-5-10-14(16)17-13(11-15)12-8-6-4-7-9-12/h4,6-9,13H,2-3,5,10H2,1H3. The Balaban J connectivity index is 2.48. The van der Waals surface area contributed by atoms with E-state index >= 15 is 0 Å². The summed E-state index contributed by atoms with van der Waals surface area (Å²) in [6, 6.07) is 11.1. The van der Waals surface area contributed by atoms with Crippen molar-refractivity contribution in [1.82, 2.24) is 0 Å². The van der Waals surface area contributed by atoms with Gasteiger partial charge in [0.1, 0.15) is 6.07 Å². The minimum absolute atomic E-state index is 0.297. The molecule has 17 heavy (non-hydrogen) atoms. The molecule has 0 amide bonds. The quantitative estimate of drug-likeness (QED) is 0.557. The molecule has 0 bridgehead atoms. The second kappa shape index (κ2) is 7.45. The molecule has 0 aromatic heterocycles. The maximum Gasteiger partial charge on any atom is 0.307 e. The molecule has 0 aliphatic heterocycles. The molecule has 0 aliphatic carbocycles. The van der Waals surface area contributed by atoms with Crippen LogP contribution in [0.1, 0.15) is 44.3 Å². The van der Waals surface area contributed by atoms with Crippen LogP contribution in [0.5, 0.6) is 0 Å². The van der Waals surface area contributed by atoms with Gasteiger partial charge in [-0.15, -0.1) is 0 Å². The van der Waals surface area contributed by atoms with Gasteiger partial charge in [0.2, 0.25) is 6.10 Å². The summed E-state index contributed by atoms with van der Waals surface area (Å²) in [5, 5.41) is 8.97. The van der Waals surface area contributed by atoms with E-state index in [0.29, 0.717) is 6.42 Å². The Hall–Kier alpha value is -1.82. The zero-order chi connectivity index (χ0) is 12.5. The van der Waals surface area contributed by atoms with Crippen molar-refractivity contribution in [3.05, 3.63) is 35.9 Å². The summed E-state index contributed by atoms with van der Waals surface area (Å²) in [4.78, 5) is 11.5. The van der Waals surface area contributed by atoms with E-state index in [4.69, 9.17) is 10.00 Å². The molecule has 0 spiro atoms. The third-order valence-electron chi connectivity index (χ3n) is 2.45. The normalized spacial score (nSPS) is 11.5. The summed E-state index contributed by atoms with van der Waals surface area (Å²) in [6.45, 7) is 2.08.